The largest absolute Gasteiger partial charge is 0.330 e. The summed E-state index contributed by atoms with van der Waals surface area (Å²) in [4.78, 5) is 1.43. The molecule has 98 valence electrons. The van der Waals surface area contributed by atoms with Crippen LogP contribution in [0.15, 0.2) is 17.5 Å². The molecule has 2 atom stereocenters. The van der Waals surface area contributed by atoms with E-state index in [9.17, 15) is 0 Å². The van der Waals surface area contributed by atoms with Gasteiger partial charge in [0.25, 0.3) is 0 Å². The van der Waals surface area contributed by atoms with Crippen LogP contribution in [0, 0.1) is 17.8 Å². The summed E-state index contributed by atoms with van der Waals surface area (Å²) >= 11 is 1.83. The van der Waals surface area contributed by atoms with Crippen molar-refractivity contribution >= 4 is 11.3 Å². The van der Waals surface area contributed by atoms with Crippen molar-refractivity contribution < 1.29 is 0 Å². The summed E-state index contributed by atoms with van der Waals surface area (Å²) in [5.74, 6) is 1.82. The molecule has 0 saturated heterocycles. The molecule has 1 aromatic rings. The zero-order valence-electron chi connectivity index (χ0n) is 11.4. The smallest absolute Gasteiger partial charge is 0.0438 e. The Labute approximate surface area is 110 Å². The molecule has 1 aromatic heterocycles. The fourth-order valence-corrected chi connectivity index (χ4v) is 2.98. The maximum absolute atomic E-state index is 5.82. The summed E-state index contributed by atoms with van der Waals surface area (Å²) in [5, 5.41) is 5.83. The molecule has 1 heterocycles. The van der Waals surface area contributed by atoms with Gasteiger partial charge in [0, 0.05) is 17.5 Å². The van der Waals surface area contributed by atoms with Gasteiger partial charge in [-0.05, 0) is 35.7 Å². The van der Waals surface area contributed by atoms with E-state index < -0.39 is 0 Å². The van der Waals surface area contributed by atoms with Gasteiger partial charge in [0.1, 0.15) is 0 Å². The van der Waals surface area contributed by atoms with Gasteiger partial charge < -0.3 is 11.1 Å². The molecule has 0 aliphatic carbocycles. The Morgan fingerprint density at radius 2 is 1.94 bits per heavy atom. The van der Waals surface area contributed by atoms with Gasteiger partial charge in [-0.2, -0.15) is 0 Å². The van der Waals surface area contributed by atoms with E-state index in [0.717, 1.165) is 13.1 Å². The highest BCUT2D eigenvalue weighted by atomic mass is 32.1. The van der Waals surface area contributed by atoms with E-state index in [1.165, 1.54) is 4.88 Å². The number of hydrogen-bond acceptors (Lipinski definition) is 3. The second-order valence-corrected chi connectivity index (χ2v) is 6.36. The molecule has 3 N–H and O–H groups in total. The standard InChI is InChI=1S/C14H26N2S/c1-10(2)12(8-15)9-16-14(11(3)4)13-6-5-7-17-13/h5-7,10-12,14,16H,8-9,15H2,1-4H3. The lowest BCUT2D eigenvalue weighted by atomic mass is 9.94. The second kappa shape index (κ2) is 7.14. The Morgan fingerprint density at radius 3 is 2.35 bits per heavy atom. The van der Waals surface area contributed by atoms with Crippen molar-refractivity contribution in [1.82, 2.24) is 5.32 Å². The van der Waals surface area contributed by atoms with Crippen molar-refractivity contribution in [2.75, 3.05) is 13.1 Å². The minimum absolute atomic E-state index is 0.461. The van der Waals surface area contributed by atoms with Crippen molar-refractivity contribution in [2.24, 2.45) is 23.5 Å². The van der Waals surface area contributed by atoms with E-state index in [1.807, 2.05) is 11.3 Å². The first-order valence-electron chi connectivity index (χ1n) is 6.53. The van der Waals surface area contributed by atoms with Gasteiger partial charge in [0.05, 0.1) is 0 Å². The lowest BCUT2D eigenvalue weighted by Crippen LogP contribution is -2.35. The Hall–Kier alpha value is -0.380. The van der Waals surface area contributed by atoms with Crippen LogP contribution in [0.3, 0.4) is 0 Å². The summed E-state index contributed by atoms with van der Waals surface area (Å²) in [6.45, 7) is 10.8. The minimum atomic E-state index is 0.461. The molecule has 0 aliphatic rings. The van der Waals surface area contributed by atoms with Crippen LogP contribution in [-0.2, 0) is 0 Å². The van der Waals surface area contributed by atoms with Crippen LogP contribution in [0.2, 0.25) is 0 Å². The monoisotopic (exact) mass is 254 g/mol. The first-order chi connectivity index (χ1) is 8.06. The summed E-state index contributed by atoms with van der Waals surface area (Å²) in [7, 11) is 0. The molecule has 0 spiro atoms. The first kappa shape index (κ1) is 14.7. The van der Waals surface area contributed by atoms with Gasteiger partial charge in [-0.3, -0.25) is 0 Å². The first-order valence-corrected chi connectivity index (χ1v) is 7.41. The van der Waals surface area contributed by atoms with Crippen LogP contribution in [-0.4, -0.2) is 13.1 Å². The van der Waals surface area contributed by atoms with E-state index in [1.54, 1.807) is 0 Å². The fourth-order valence-electron chi connectivity index (χ4n) is 2.00. The molecule has 0 bridgehead atoms. The van der Waals surface area contributed by atoms with Crippen LogP contribution in [0.5, 0.6) is 0 Å². The van der Waals surface area contributed by atoms with Crippen molar-refractivity contribution in [1.29, 1.82) is 0 Å². The van der Waals surface area contributed by atoms with Gasteiger partial charge in [-0.25, -0.2) is 0 Å². The van der Waals surface area contributed by atoms with E-state index in [-0.39, 0.29) is 0 Å². The highest BCUT2D eigenvalue weighted by molar-refractivity contribution is 7.10. The molecule has 3 heteroatoms. The lowest BCUT2D eigenvalue weighted by Gasteiger charge is -2.26. The second-order valence-electron chi connectivity index (χ2n) is 5.39. The Bertz CT molecular complexity index is 293. The molecule has 2 nitrogen and oxygen atoms in total. The predicted octanol–water partition coefficient (Wildman–Crippen LogP) is 3.27. The van der Waals surface area contributed by atoms with Crippen LogP contribution >= 0.6 is 11.3 Å². The number of nitrogens with two attached hydrogens (primary N) is 1. The molecule has 2 unspecified atom stereocenters. The molecular weight excluding hydrogens is 228 g/mol. The van der Waals surface area contributed by atoms with E-state index in [4.69, 9.17) is 5.73 Å². The molecule has 1 rings (SSSR count). The van der Waals surface area contributed by atoms with E-state index >= 15 is 0 Å². The van der Waals surface area contributed by atoms with Crippen molar-refractivity contribution in [2.45, 2.75) is 33.7 Å². The lowest BCUT2D eigenvalue weighted by molar-refractivity contribution is 0.324. The summed E-state index contributed by atoms with van der Waals surface area (Å²) in [6, 6.07) is 4.80. The average molecular weight is 254 g/mol. The van der Waals surface area contributed by atoms with Crippen LogP contribution in [0.25, 0.3) is 0 Å². The molecule has 0 aromatic carbocycles. The third-order valence-corrected chi connectivity index (χ3v) is 4.32. The summed E-state index contributed by atoms with van der Waals surface area (Å²) in [6.07, 6.45) is 0. The van der Waals surface area contributed by atoms with Gasteiger partial charge in [0.2, 0.25) is 0 Å². The third-order valence-electron chi connectivity index (χ3n) is 3.36. The topological polar surface area (TPSA) is 38.0 Å². The summed E-state index contributed by atoms with van der Waals surface area (Å²) in [5.41, 5.74) is 5.82. The number of hydrogen-bond donors (Lipinski definition) is 2. The van der Waals surface area contributed by atoms with Crippen molar-refractivity contribution in [3.63, 3.8) is 0 Å². The van der Waals surface area contributed by atoms with Crippen molar-refractivity contribution in [3.05, 3.63) is 22.4 Å². The third kappa shape index (κ3) is 4.41. The summed E-state index contributed by atoms with van der Waals surface area (Å²) < 4.78 is 0. The number of rotatable bonds is 7. The van der Waals surface area contributed by atoms with Gasteiger partial charge in [-0.15, -0.1) is 11.3 Å². The van der Waals surface area contributed by atoms with Crippen molar-refractivity contribution in [3.8, 4) is 0 Å². The Kier molecular flexibility index (Phi) is 6.17. The van der Waals surface area contributed by atoms with Crippen LogP contribution < -0.4 is 11.1 Å². The molecular formula is C14H26N2S. The quantitative estimate of drug-likeness (QED) is 0.784. The highest BCUT2D eigenvalue weighted by Gasteiger charge is 2.19. The molecule has 17 heavy (non-hydrogen) atoms. The van der Waals surface area contributed by atoms with Crippen LogP contribution in [0.4, 0.5) is 0 Å². The fraction of sp³-hybridized carbons (Fsp3) is 0.714. The molecule has 0 amide bonds. The van der Waals surface area contributed by atoms with Gasteiger partial charge in [-0.1, -0.05) is 33.8 Å². The molecule has 0 saturated carbocycles. The SMILES string of the molecule is CC(C)C(CN)CNC(c1cccs1)C(C)C. The van der Waals surface area contributed by atoms with Gasteiger partial charge in [0.15, 0.2) is 0 Å². The molecule has 0 radical (unpaired) electrons. The Morgan fingerprint density at radius 1 is 1.24 bits per heavy atom. The maximum atomic E-state index is 5.82. The predicted molar refractivity (Wildman–Crippen MR) is 77.3 cm³/mol. The molecule has 0 fully saturated rings. The normalized spacial score (nSPS) is 15.5. The zero-order valence-corrected chi connectivity index (χ0v) is 12.3. The highest BCUT2D eigenvalue weighted by Crippen LogP contribution is 2.26. The van der Waals surface area contributed by atoms with E-state index in [2.05, 4.69) is 50.5 Å². The van der Waals surface area contributed by atoms with Gasteiger partial charge >= 0.3 is 0 Å². The van der Waals surface area contributed by atoms with E-state index in [0.29, 0.717) is 23.8 Å². The maximum Gasteiger partial charge on any atom is 0.0438 e. The molecule has 0 aliphatic heterocycles. The average Bonchev–Trinajstić information content (AvgIpc) is 2.76. The minimum Gasteiger partial charge on any atom is -0.330 e. The zero-order chi connectivity index (χ0) is 12.8. The number of thiophene rings is 1. The Balaban J connectivity index is 2.57. The number of nitrogens with one attached hydrogen (secondary N) is 1. The van der Waals surface area contributed by atoms with Crippen LogP contribution in [0.1, 0.15) is 38.6 Å².